The zero-order chi connectivity index (χ0) is 17.2. The molecule has 4 rings (SSSR count). The summed E-state index contributed by atoms with van der Waals surface area (Å²) in [6.07, 6.45) is 0.729. The van der Waals surface area contributed by atoms with Gasteiger partial charge in [-0.2, -0.15) is 0 Å². The Morgan fingerprint density at radius 2 is 1.72 bits per heavy atom. The molecule has 2 aromatic rings. The molecule has 0 unspecified atom stereocenters. The predicted octanol–water partition coefficient (Wildman–Crippen LogP) is 3.87. The van der Waals surface area contributed by atoms with Gasteiger partial charge in [-0.1, -0.05) is 18.2 Å². The van der Waals surface area contributed by atoms with Crippen molar-refractivity contribution in [3.05, 3.63) is 46.4 Å². The van der Waals surface area contributed by atoms with Crippen molar-refractivity contribution in [2.75, 3.05) is 25.1 Å². The standard InChI is InChI=1S/C18H17BrN2O4/c19-12-9-16-17(25-8-7-24-16)10-14(12)21-18(22)20-13-5-6-23-15-4-2-1-3-11(13)15/h1-4,9-10,13H,5-8H2,(H2,20,21,22)/t13-/m0/s1. The molecule has 0 radical (unpaired) electrons. The van der Waals surface area contributed by atoms with Crippen LogP contribution in [0.15, 0.2) is 40.9 Å². The Labute approximate surface area is 153 Å². The first-order chi connectivity index (χ1) is 12.2. The Hall–Kier alpha value is -2.41. The Morgan fingerprint density at radius 1 is 1.00 bits per heavy atom. The summed E-state index contributed by atoms with van der Waals surface area (Å²) in [4.78, 5) is 12.5. The van der Waals surface area contributed by atoms with Crippen LogP contribution in [-0.4, -0.2) is 25.9 Å². The number of carbonyl (C=O) groups excluding carboxylic acids is 1. The molecule has 0 spiro atoms. The number of urea groups is 1. The van der Waals surface area contributed by atoms with E-state index in [-0.39, 0.29) is 12.1 Å². The quantitative estimate of drug-likeness (QED) is 0.796. The summed E-state index contributed by atoms with van der Waals surface area (Å²) in [7, 11) is 0. The maximum Gasteiger partial charge on any atom is 0.319 e. The van der Waals surface area contributed by atoms with Crippen LogP contribution in [0.3, 0.4) is 0 Å². The van der Waals surface area contributed by atoms with E-state index in [2.05, 4.69) is 26.6 Å². The highest BCUT2D eigenvalue weighted by atomic mass is 79.9. The lowest BCUT2D eigenvalue weighted by molar-refractivity contribution is 0.171. The van der Waals surface area contributed by atoms with Crippen molar-refractivity contribution in [3.8, 4) is 17.2 Å². The SMILES string of the molecule is O=C(Nc1cc2c(cc1Br)OCCO2)N[C@H]1CCOc2ccccc21. The Balaban J connectivity index is 1.48. The minimum Gasteiger partial charge on any atom is -0.493 e. The van der Waals surface area contributed by atoms with E-state index < -0.39 is 0 Å². The number of benzene rings is 2. The molecule has 0 bridgehead atoms. The summed E-state index contributed by atoms with van der Waals surface area (Å²) in [6, 6.07) is 11.0. The van der Waals surface area contributed by atoms with Crippen molar-refractivity contribution >= 4 is 27.6 Å². The lowest BCUT2D eigenvalue weighted by atomic mass is 10.0. The third-order valence-corrected chi connectivity index (χ3v) is 4.80. The second kappa shape index (κ2) is 6.84. The molecular formula is C18H17BrN2O4. The van der Waals surface area contributed by atoms with E-state index >= 15 is 0 Å². The van der Waals surface area contributed by atoms with Gasteiger partial charge in [-0.25, -0.2) is 4.79 Å². The number of ether oxygens (including phenoxy) is 3. The van der Waals surface area contributed by atoms with Crippen molar-refractivity contribution < 1.29 is 19.0 Å². The van der Waals surface area contributed by atoms with E-state index in [1.165, 1.54) is 0 Å². The van der Waals surface area contributed by atoms with Gasteiger partial charge in [0.15, 0.2) is 11.5 Å². The molecule has 7 heteroatoms. The molecule has 2 heterocycles. The summed E-state index contributed by atoms with van der Waals surface area (Å²) < 4.78 is 17.5. The third-order valence-electron chi connectivity index (χ3n) is 4.14. The van der Waals surface area contributed by atoms with Crippen molar-refractivity contribution in [1.82, 2.24) is 5.32 Å². The van der Waals surface area contributed by atoms with Gasteiger partial charge in [-0.05, 0) is 22.0 Å². The molecule has 2 amide bonds. The van der Waals surface area contributed by atoms with Crippen LogP contribution in [0.25, 0.3) is 0 Å². The third kappa shape index (κ3) is 3.37. The molecule has 2 aromatic carbocycles. The molecule has 25 heavy (non-hydrogen) atoms. The summed E-state index contributed by atoms with van der Waals surface area (Å²) >= 11 is 3.46. The molecule has 1 atom stereocenters. The molecule has 0 saturated carbocycles. The van der Waals surface area contributed by atoms with Gasteiger partial charge < -0.3 is 24.8 Å². The fourth-order valence-corrected chi connectivity index (χ4v) is 3.39. The van der Waals surface area contributed by atoms with Gasteiger partial charge in [0.1, 0.15) is 19.0 Å². The fraction of sp³-hybridized carbons (Fsp3) is 0.278. The van der Waals surface area contributed by atoms with Crippen LogP contribution >= 0.6 is 15.9 Å². The number of nitrogens with one attached hydrogen (secondary N) is 2. The average Bonchev–Trinajstić information content (AvgIpc) is 2.63. The highest BCUT2D eigenvalue weighted by molar-refractivity contribution is 9.10. The second-order valence-electron chi connectivity index (χ2n) is 5.80. The van der Waals surface area contributed by atoms with Gasteiger partial charge in [-0.3, -0.25) is 0 Å². The van der Waals surface area contributed by atoms with E-state index in [9.17, 15) is 4.79 Å². The predicted molar refractivity (Wildman–Crippen MR) is 96.6 cm³/mol. The lowest BCUT2D eigenvalue weighted by Gasteiger charge is -2.27. The number of hydrogen-bond donors (Lipinski definition) is 2. The van der Waals surface area contributed by atoms with Crippen LogP contribution < -0.4 is 24.8 Å². The van der Waals surface area contributed by atoms with E-state index in [1.807, 2.05) is 24.3 Å². The molecule has 2 N–H and O–H groups in total. The number of hydrogen-bond acceptors (Lipinski definition) is 4. The van der Waals surface area contributed by atoms with Gasteiger partial charge in [-0.15, -0.1) is 0 Å². The molecule has 0 saturated heterocycles. The lowest BCUT2D eigenvalue weighted by Crippen LogP contribution is -2.35. The first-order valence-corrected chi connectivity index (χ1v) is 8.88. The van der Waals surface area contributed by atoms with E-state index in [0.29, 0.717) is 37.0 Å². The van der Waals surface area contributed by atoms with Gasteiger partial charge in [0.25, 0.3) is 0 Å². The number of amides is 2. The maximum absolute atomic E-state index is 12.5. The van der Waals surface area contributed by atoms with Crippen LogP contribution in [0, 0.1) is 0 Å². The average molecular weight is 405 g/mol. The normalized spacial score (nSPS) is 17.9. The number of halogens is 1. The molecule has 0 aliphatic carbocycles. The van der Waals surface area contributed by atoms with Crippen LogP contribution in [0.5, 0.6) is 17.2 Å². The fourth-order valence-electron chi connectivity index (χ4n) is 2.97. The van der Waals surface area contributed by atoms with Gasteiger partial charge in [0.05, 0.1) is 18.3 Å². The molecule has 2 aliphatic rings. The minimum absolute atomic E-state index is 0.0825. The number of para-hydroxylation sites is 1. The van der Waals surface area contributed by atoms with E-state index in [1.54, 1.807) is 12.1 Å². The smallest absolute Gasteiger partial charge is 0.319 e. The number of anilines is 1. The molecule has 6 nitrogen and oxygen atoms in total. The van der Waals surface area contributed by atoms with Crippen LogP contribution in [0.1, 0.15) is 18.0 Å². The van der Waals surface area contributed by atoms with Crippen LogP contribution in [-0.2, 0) is 0 Å². The van der Waals surface area contributed by atoms with E-state index in [4.69, 9.17) is 14.2 Å². The maximum atomic E-state index is 12.5. The van der Waals surface area contributed by atoms with Gasteiger partial charge in [0, 0.05) is 28.6 Å². The second-order valence-corrected chi connectivity index (χ2v) is 6.66. The number of rotatable bonds is 2. The van der Waals surface area contributed by atoms with Crippen molar-refractivity contribution in [2.45, 2.75) is 12.5 Å². The number of carbonyl (C=O) groups is 1. The molecule has 0 fully saturated rings. The zero-order valence-electron chi connectivity index (χ0n) is 13.4. The highest BCUT2D eigenvalue weighted by Gasteiger charge is 2.23. The van der Waals surface area contributed by atoms with Crippen molar-refractivity contribution in [3.63, 3.8) is 0 Å². The Bertz CT molecular complexity index is 812. The zero-order valence-corrected chi connectivity index (χ0v) is 15.0. The van der Waals surface area contributed by atoms with E-state index in [0.717, 1.165) is 22.2 Å². The largest absolute Gasteiger partial charge is 0.493 e. The first kappa shape index (κ1) is 16.1. The minimum atomic E-state index is -0.279. The number of fused-ring (bicyclic) bond motifs is 2. The van der Waals surface area contributed by atoms with Crippen molar-refractivity contribution in [2.24, 2.45) is 0 Å². The summed E-state index contributed by atoms with van der Waals surface area (Å²) in [6.45, 7) is 1.60. The van der Waals surface area contributed by atoms with Gasteiger partial charge in [0.2, 0.25) is 0 Å². The van der Waals surface area contributed by atoms with Crippen LogP contribution in [0.2, 0.25) is 0 Å². The molecule has 2 aliphatic heterocycles. The summed E-state index contributed by atoms with van der Waals surface area (Å²) in [5.74, 6) is 2.11. The first-order valence-electron chi connectivity index (χ1n) is 8.09. The highest BCUT2D eigenvalue weighted by Crippen LogP contribution is 2.38. The monoisotopic (exact) mass is 404 g/mol. The molecule has 0 aromatic heterocycles. The Morgan fingerprint density at radius 3 is 2.56 bits per heavy atom. The molecular weight excluding hydrogens is 388 g/mol. The van der Waals surface area contributed by atoms with Crippen molar-refractivity contribution in [1.29, 1.82) is 0 Å². The topological polar surface area (TPSA) is 68.8 Å². The summed E-state index contributed by atoms with van der Waals surface area (Å²) in [5, 5.41) is 5.87. The summed E-state index contributed by atoms with van der Waals surface area (Å²) in [5.41, 5.74) is 1.62. The Kier molecular flexibility index (Phi) is 4.40. The van der Waals surface area contributed by atoms with Crippen LogP contribution in [0.4, 0.5) is 10.5 Å². The molecule has 130 valence electrons. The van der Waals surface area contributed by atoms with Gasteiger partial charge >= 0.3 is 6.03 Å².